The van der Waals surface area contributed by atoms with Gasteiger partial charge in [0.15, 0.2) is 0 Å². The summed E-state index contributed by atoms with van der Waals surface area (Å²) in [5.74, 6) is 0. The van der Waals surface area contributed by atoms with Crippen LogP contribution in [0, 0.1) is 6.92 Å². The van der Waals surface area contributed by atoms with Gasteiger partial charge in [-0.25, -0.2) is 4.98 Å². The van der Waals surface area contributed by atoms with E-state index in [9.17, 15) is 0 Å². The van der Waals surface area contributed by atoms with E-state index in [1.807, 2.05) is 23.6 Å². The number of aryl methyl sites for hydroxylation is 1. The summed E-state index contributed by atoms with van der Waals surface area (Å²) in [7, 11) is 0. The highest BCUT2D eigenvalue weighted by Gasteiger charge is 2.00. The van der Waals surface area contributed by atoms with Gasteiger partial charge in [0.2, 0.25) is 0 Å². The lowest BCUT2D eigenvalue weighted by Gasteiger charge is -2.01. The molecule has 0 aliphatic carbocycles. The molecule has 0 fully saturated rings. The normalized spacial score (nSPS) is 10.8. The Balaban J connectivity index is 2.18. The molecule has 16 heavy (non-hydrogen) atoms. The van der Waals surface area contributed by atoms with Crippen molar-refractivity contribution in [3.63, 3.8) is 0 Å². The van der Waals surface area contributed by atoms with Crippen LogP contribution in [-0.4, -0.2) is 9.38 Å². The zero-order valence-electron chi connectivity index (χ0n) is 9.09. The molecule has 0 spiro atoms. The third-order valence-electron chi connectivity index (χ3n) is 2.69. The van der Waals surface area contributed by atoms with Crippen molar-refractivity contribution in [2.75, 3.05) is 0 Å². The van der Waals surface area contributed by atoms with E-state index in [4.69, 9.17) is 0 Å². The Morgan fingerprint density at radius 2 is 1.81 bits per heavy atom. The van der Waals surface area contributed by atoms with Crippen LogP contribution in [0.4, 0.5) is 0 Å². The summed E-state index contributed by atoms with van der Waals surface area (Å²) < 4.78 is 2.04. The molecule has 0 unspecified atom stereocenters. The zero-order chi connectivity index (χ0) is 11.0. The van der Waals surface area contributed by atoms with Crippen LogP contribution in [0.2, 0.25) is 0 Å². The standard InChI is InChI=1S/C14H12N2/c1-11-10-16-8-7-13(9-14(16)15-11)12-5-3-2-4-6-12/h2-10H,1H3. The van der Waals surface area contributed by atoms with Gasteiger partial charge in [0, 0.05) is 12.4 Å². The molecule has 1 aromatic carbocycles. The van der Waals surface area contributed by atoms with E-state index in [-0.39, 0.29) is 0 Å². The van der Waals surface area contributed by atoms with Crippen LogP contribution >= 0.6 is 0 Å². The highest BCUT2D eigenvalue weighted by molar-refractivity contribution is 5.67. The molecule has 0 atom stereocenters. The minimum Gasteiger partial charge on any atom is -0.307 e. The maximum atomic E-state index is 4.46. The van der Waals surface area contributed by atoms with E-state index >= 15 is 0 Å². The second kappa shape index (κ2) is 3.49. The van der Waals surface area contributed by atoms with Gasteiger partial charge >= 0.3 is 0 Å². The van der Waals surface area contributed by atoms with E-state index in [0.717, 1.165) is 11.3 Å². The summed E-state index contributed by atoms with van der Waals surface area (Å²) in [6, 6.07) is 14.6. The third-order valence-corrected chi connectivity index (χ3v) is 2.69. The molecule has 3 rings (SSSR count). The Kier molecular flexibility index (Phi) is 2.00. The fourth-order valence-electron chi connectivity index (χ4n) is 1.92. The SMILES string of the molecule is Cc1cn2ccc(-c3ccccc3)cc2n1. The van der Waals surface area contributed by atoms with Crippen molar-refractivity contribution in [1.82, 2.24) is 9.38 Å². The van der Waals surface area contributed by atoms with Crippen LogP contribution in [0.15, 0.2) is 54.9 Å². The van der Waals surface area contributed by atoms with Crippen molar-refractivity contribution in [2.45, 2.75) is 6.92 Å². The summed E-state index contributed by atoms with van der Waals surface area (Å²) in [6.45, 7) is 2.01. The number of imidazole rings is 1. The Bertz CT molecular complexity index is 624. The van der Waals surface area contributed by atoms with Crippen molar-refractivity contribution < 1.29 is 0 Å². The molecule has 2 heterocycles. The Morgan fingerprint density at radius 3 is 2.62 bits per heavy atom. The molecule has 3 aromatic rings. The quantitative estimate of drug-likeness (QED) is 0.599. The van der Waals surface area contributed by atoms with Gasteiger partial charge < -0.3 is 4.40 Å². The molecule has 0 aliphatic rings. The molecule has 0 saturated heterocycles. The Hall–Kier alpha value is -2.09. The average Bonchev–Trinajstić information content (AvgIpc) is 2.69. The number of benzene rings is 1. The van der Waals surface area contributed by atoms with Gasteiger partial charge in [-0.3, -0.25) is 0 Å². The Morgan fingerprint density at radius 1 is 1.00 bits per heavy atom. The van der Waals surface area contributed by atoms with E-state index in [2.05, 4.69) is 47.6 Å². The molecule has 0 radical (unpaired) electrons. The van der Waals surface area contributed by atoms with Crippen LogP contribution < -0.4 is 0 Å². The monoisotopic (exact) mass is 208 g/mol. The fourth-order valence-corrected chi connectivity index (χ4v) is 1.92. The van der Waals surface area contributed by atoms with E-state index in [0.29, 0.717) is 0 Å². The first-order valence-corrected chi connectivity index (χ1v) is 5.34. The molecule has 2 nitrogen and oxygen atoms in total. The summed E-state index contributed by atoms with van der Waals surface area (Å²) in [5.41, 5.74) is 4.48. The lowest BCUT2D eigenvalue weighted by molar-refractivity contribution is 1.19. The highest BCUT2D eigenvalue weighted by Crippen LogP contribution is 2.20. The highest BCUT2D eigenvalue weighted by atomic mass is 15.0. The number of hydrogen-bond donors (Lipinski definition) is 0. The largest absolute Gasteiger partial charge is 0.307 e. The molecule has 0 aliphatic heterocycles. The number of rotatable bonds is 1. The van der Waals surface area contributed by atoms with Gasteiger partial charge in [-0.05, 0) is 30.2 Å². The van der Waals surface area contributed by atoms with Crippen LogP contribution in [0.1, 0.15) is 5.69 Å². The number of pyridine rings is 1. The molecule has 78 valence electrons. The molecule has 2 aromatic heterocycles. The first kappa shape index (κ1) is 9.16. The fraction of sp³-hybridized carbons (Fsp3) is 0.0714. The smallest absolute Gasteiger partial charge is 0.137 e. The summed E-state index contributed by atoms with van der Waals surface area (Å²) in [6.07, 6.45) is 4.09. The first-order chi connectivity index (χ1) is 7.83. The lowest BCUT2D eigenvalue weighted by atomic mass is 10.1. The van der Waals surface area contributed by atoms with Crippen LogP contribution in [0.5, 0.6) is 0 Å². The summed E-state index contributed by atoms with van der Waals surface area (Å²) >= 11 is 0. The molecule has 0 amide bonds. The second-order valence-electron chi connectivity index (χ2n) is 3.93. The van der Waals surface area contributed by atoms with Gasteiger partial charge in [-0.1, -0.05) is 30.3 Å². The summed E-state index contributed by atoms with van der Waals surface area (Å²) in [5, 5.41) is 0. The van der Waals surface area contributed by atoms with Crippen molar-refractivity contribution in [3.8, 4) is 11.1 Å². The summed E-state index contributed by atoms with van der Waals surface area (Å²) in [4.78, 5) is 4.46. The predicted molar refractivity (Wildman–Crippen MR) is 65.4 cm³/mol. The van der Waals surface area contributed by atoms with Crippen molar-refractivity contribution in [2.24, 2.45) is 0 Å². The molecule has 0 saturated carbocycles. The minimum absolute atomic E-state index is 0.999. The van der Waals surface area contributed by atoms with Gasteiger partial charge in [-0.2, -0.15) is 0 Å². The van der Waals surface area contributed by atoms with Crippen LogP contribution in [0.25, 0.3) is 16.8 Å². The topological polar surface area (TPSA) is 17.3 Å². The van der Waals surface area contributed by atoms with Crippen molar-refractivity contribution in [1.29, 1.82) is 0 Å². The Labute approximate surface area is 94.2 Å². The van der Waals surface area contributed by atoms with Gasteiger partial charge in [0.05, 0.1) is 5.69 Å². The van der Waals surface area contributed by atoms with Gasteiger partial charge in [0.25, 0.3) is 0 Å². The van der Waals surface area contributed by atoms with E-state index in [1.165, 1.54) is 11.1 Å². The van der Waals surface area contributed by atoms with Crippen LogP contribution in [-0.2, 0) is 0 Å². The van der Waals surface area contributed by atoms with Crippen LogP contribution in [0.3, 0.4) is 0 Å². The van der Waals surface area contributed by atoms with Gasteiger partial charge in [-0.15, -0.1) is 0 Å². The number of fused-ring (bicyclic) bond motifs is 1. The molecule has 0 bridgehead atoms. The average molecular weight is 208 g/mol. The number of hydrogen-bond acceptors (Lipinski definition) is 1. The molecule has 0 N–H and O–H groups in total. The maximum Gasteiger partial charge on any atom is 0.137 e. The zero-order valence-corrected chi connectivity index (χ0v) is 9.09. The second-order valence-corrected chi connectivity index (χ2v) is 3.93. The third kappa shape index (κ3) is 1.48. The van der Waals surface area contributed by atoms with Crippen molar-refractivity contribution in [3.05, 3.63) is 60.6 Å². The molecule has 2 heteroatoms. The van der Waals surface area contributed by atoms with Crippen molar-refractivity contribution >= 4 is 5.65 Å². The minimum atomic E-state index is 0.999. The maximum absolute atomic E-state index is 4.46. The van der Waals surface area contributed by atoms with Gasteiger partial charge in [0.1, 0.15) is 5.65 Å². The molecular formula is C14H12N2. The lowest BCUT2D eigenvalue weighted by Crippen LogP contribution is -1.84. The van der Waals surface area contributed by atoms with E-state index in [1.54, 1.807) is 0 Å². The van der Waals surface area contributed by atoms with E-state index < -0.39 is 0 Å². The number of aromatic nitrogens is 2. The molecular weight excluding hydrogens is 196 g/mol. The predicted octanol–water partition coefficient (Wildman–Crippen LogP) is 3.31. The number of nitrogens with zero attached hydrogens (tertiary/aromatic N) is 2. The first-order valence-electron chi connectivity index (χ1n) is 5.34.